The standard InChI is InChI=1S/C6H13Si4/c1-2-3-4-5-6-10(7,8)9/h2-6H2,1H3. The van der Waals surface area contributed by atoms with Crippen LogP contribution in [0.15, 0.2) is 0 Å². The predicted molar refractivity (Wildman–Crippen MR) is 52.0 cm³/mol. The van der Waals surface area contributed by atoms with Crippen LogP contribution in [0.25, 0.3) is 0 Å². The van der Waals surface area contributed by atoms with Gasteiger partial charge in [0, 0.05) is 35.9 Å². The molecule has 53 valence electrons. The Morgan fingerprint density at radius 2 is 1.60 bits per heavy atom. The first-order valence-corrected chi connectivity index (χ1v) is 10.5. The van der Waals surface area contributed by atoms with Gasteiger partial charge in [0.05, 0.1) is 0 Å². The molecule has 0 aliphatic carbocycles. The second-order valence-corrected chi connectivity index (χ2v) is 17.2. The van der Waals surface area contributed by atoms with Crippen molar-refractivity contribution >= 4 is 35.9 Å². The summed E-state index contributed by atoms with van der Waals surface area (Å²) in [6, 6.07) is 1.26. The Hall–Kier alpha value is 0.868. The van der Waals surface area contributed by atoms with E-state index in [9.17, 15) is 0 Å². The number of hydrogen-bond donors (Lipinski definition) is 0. The molecule has 10 heavy (non-hydrogen) atoms. The molecule has 0 nitrogen and oxygen atoms in total. The Kier molecular flexibility index (Phi) is 5.99. The van der Waals surface area contributed by atoms with Crippen LogP contribution in [0.1, 0.15) is 32.6 Å². The highest BCUT2D eigenvalue weighted by Gasteiger charge is 2.11. The first kappa shape index (κ1) is 10.9. The minimum absolute atomic E-state index is 1.26. The fraction of sp³-hybridized carbons (Fsp3) is 1.00. The maximum atomic E-state index is 3.65. The molecule has 0 amide bonds. The predicted octanol–water partition coefficient (Wildman–Crippen LogP) is 1.01. The zero-order valence-corrected chi connectivity index (χ0v) is 10.5. The summed E-state index contributed by atoms with van der Waals surface area (Å²) < 4.78 is 0. The molecule has 0 aromatic carbocycles. The van der Waals surface area contributed by atoms with E-state index < -0.39 is 6.63 Å². The van der Waals surface area contributed by atoms with Gasteiger partial charge >= 0.3 is 0 Å². The highest BCUT2D eigenvalue weighted by Crippen LogP contribution is 2.06. The lowest BCUT2D eigenvalue weighted by molar-refractivity contribution is 0.700. The van der Waals surface area contributed by atoms with Crippen LogP contribution < -0.4 is 0 Å². The van der Waals surface area contributed by atoms with E-state index in [1.54, 1.807) is 0 Å². The third kappa shape index (κ3) is 8.87. The molecule has 0 N–H and O–H groups in total. The Balaban J connectivity index is 3.04. The van der Waals surface area contributed by atoms with E-state index in [-0.39, 0.29) is 0 Å². The lowest BCUT2D eigenvalue weighted by Crippen LogP contribution is -2.37. The monoisotopic (exact) mass is 197 g/mol. The molecule has 0 atom stereocenters. The van der Waals surface area contributed by atoms with E-state index in [1.807, 2.05) is 0 Å². The molecule has 0 heterocycles. The van der Waals surface area contributed by atoms with Crippen molar-refractivity contribution in [1.82, 2.24) is 0 Å². The lowest BCUT2D eigenvalue weighted by Gasteiger charge is -2.14. The zero-order valence-electron chi connectivity index (χ0n) is 6.54. The molecule has 0 unspecified atom stereocenters. The minimum Gasteiger partial charge on any atom is -0.0654 e. The maximum absolute atomic E-state index is 3.65. The van der Waals surface area contributed by atoms with Crippen LogP contribution in [-0.4, -0.2) is 35.9 Å². The van der Waals surface area contributed by atoms with Gasteiger partial charge < -0.3 is 0 Å². The molecule has 0 saturated carbocycles. The summed E-state index contributed by atoms with van der Waals surface area (Å²) in [5.41, 5.74) is 0. The molecule has 0 rings (SSSR count). The first-order chi connectivity index (χ1) is 4.56. The molecule has 9 radical (unpaired) electrons. The topological polar surface area (TPSA) is 0 Å². The summed E-state index contributed by atoms with van der Waals surface area (Å²) in [4.78, 5) is 0. The molecule has 4 heteroatoms. The summed E-state index contributed by atoms with van der Waals surface area (Å²) in [6.07, 6.45) is 5.39. The van der Waals surface area contributed by atoms with Gasteiger partial charge in [-0.2, -0.15) is 0 Å². The van der Waals surface area contributed by atoms with E-state index in [0.29, 0.717) is 0 Å². The van der Waals surface area contributed by atoms with Crippen molar-refractivity contribution in [2.75, 3.05) is 0 Å². The van der Waals surface area contributed by atoms with Crippen LogP contribution in [0, 0.1) is 0 Å². The smallest absolute Gasteiger partial charge is 0.0115 e. The van der Waals surface area contributed by atoms with Crippen molar-refractivity contribution in [2.45, 2.75) is 38.7 Å². The Labute approximate surface area is 74.8 Å². The largest absolute Gasteiger partial charge is 0.0654 e. The summed E-state index contributed by atoms with van der Waals surface area (Å²) in [6.45, 7) is 0.945. The van der Waals surface area contributed by atoms with Crippen LogP contribution in [-0.2, 0) is 0 Å². The highest BCUT2D eigenvalue weighted by atomic mass is 29.8. The van der Waals surface area contributed by atoms with Gasteiger partial charge in [0.15, 0.2) is 0 Å². The van der Waals surface area contributed by atoms with Crippen LogP contribution in [0.3, 0.4) is 0 Å². The van der Waals surface area contributed by atoms with Gasteiger partial charge in [0.2, 0.25) is 0 Å². The van der Waals surface area contributed by atoms with Crippen molar-refractivity contribution in [1.29, 1.82) is 0 Å². The van der Waals surface area contributed by atoms with Gasteiger partial charge in [-0.15, -0.1) is 0 Å². The molecule has 0 spiro atoms. The summed E-state index contributed by atoms with van der Waals surface area (Å²) in [5.74, 6) is 0. The Bertz CT molecular complexity index is 76.3. The Morgan fingerprint density at radius 1 is 1.00 bits per heavy atom. The molecule has 0 aliphatic heterocycles. The van der Waals surface area contributed by atoms with Crippen molar-refractivity contribution in [3.63, 3.8) is 0 Å². The first-order valence-electron chi connectivity index (χ1n) is 3.81. The second-order valence-electron chi connectivity index (χ2n) is 2.72. The van der Waals surface area contributed by atoms with E-state index in [0.717, 1.165) is 0 Å². The van der Waals surface area contributed by atoms with Crippen molar-refractivity contribution in [2.24, 2.45) is 0 Å². The Morgan fingerprint density at radius 3 is 2.00 bits per heavy atom. The van der Waals surface area contributed by atoms with E-state index in [4.69, 9.17) is 0 Å². The molecular weight excluding hydrogens is 184 g/mol. The summed E-state index contributed by atoms with van der Waals surface area (Å²) >= 11 is 0. The molecule has 0 aromatic rings. The number of rotatable bonds is 5. The molecule has 0 aliphatic rings. The van der Waals surface area contributed by atoms with Gasteiger partial charge in [0.1, 0.15) is 0 Å². The third-order valence-electron chi connectivity index (χ3n) is 1.41. The van der Waals surface area contributed by atoms with Gasteiger partial charge in [-0.05, 0) is 0 Å². The van der Waals surface area contributed by atoms with Crippen molar-refractivity contribution < 1.29 is 0 Å². The molecule has 0 fully saturated rings. The van der Waals surface area contributed by atoms with Crippen LogP contribution >= 0.6 is 0 Å². The van der Waals surface area contributed by atoms with Gasteiger partial charge in [-0.3, -0.25) is 0 Å². The average Bonchev–Trinajstić information content (AvgIpc) is 1.78. The highest BCUT2D eigenvalue weighted by molar-refractivity contribution is 7.60. The molecule has 0 saturated heterocycles. The minimum atomic E-state index is -1.29. The molecular formula is C6H13Si4. The lowest BCUT2D eigenvalue weighted by atomic mass is 10.2. The molecule has 0 bridgehead atoms. The summed E-state index contributed by atoms with van der Waals surface area (Å²) in [5, 5.41) is 0. The van der Waals surface area contributed by atoms with Gasteiger partial charge in [-0.25, -0.2) is 0 Å². The average molecular weight is 198 g/mol. The molecule has 0 aromatic heterocycles. The normalized spacial score (nSPS) is 12.0. The number of unbranched alkanes of at least 4 members (excludes halogenated alkanes) is 3. The van der Waals surface area contributed by atoms with Crippen LogP contribution in [0.5, 0.6) is 0 Å². The van der Waals surface area contributed by atoms with E-state index in [1.165, 1.54) is 31.7 Å². The fourth-order valence-corrected chi connectivity index (χ4v) is 3.19. The second kappa shape index (κ2) is 5.51. The number of hydrogen-bond acceptors (Lipinski definition) is 0. The van der Waals surface area contributed by atoms with Gasteiger partial charge in [0.25, 0.3) is 0 Å². The quantitative estimate of drug-likeness (QED) is 0.456. The van der Waals surface area contributed by atoms with Gasteiger partial charge in [-0.1, -0.05) is 38.7 Å². The van der Waals surface area contributed by atoms with Crippen LogP contribution in [0.2, 0.25) is 6.04 Å². The fourth-order valence-electron chi connectivity index (χ4n) is 0.817. The van der Waals surface area contributed by atoms with Crippen molar-refractivity contribution in [3.8, 4) is 0 Å². The maximum Gasteiger partial charge on any atom is 0.0115 e. The van der Waals surface area contributed by atoms with E-state index >= 15 is 0 Å². The van der Waals surface area contributed by atoms with Crippen molar-refractivity contribution in [3.05, 3.63) is 0 Å². The third-order valence-corrected chi connectivity index (χ3v) is 4.76. The van der Waals surface area contributed by atoms with E-state index in [2.05, 4.69) is 36.2 Å². The SMILES string of the molecule is CCCCCC[Si]([Si])([Si])[Si]. The summed E-state index contributed by atoms with van der Waals surface area (Å²) in [7, 11) is 10.9. The van der Waals surface area contributed by atoms with Crippen LogP contribution in [0.4, 0.5) is 0 Å². The zero-order chi connectivity index (χ0) is 8.04.